The summed E-state index contributed by atoms with van der Waals surface area (Å²) in [5.74, 6) is -2.00. The van der Waals surface area contributed by atoms with Crippen molar-refractivity contribution in [2.75, 3.05) is 26.7 Å². The van der Waals surface area contributed by atoms with Crippen LogP contribution in [0.4, 0.5) is 13.2 Å². The lowest BCUT2D eigenvalue weighted by Gasteiger charge is -2.38. The van der Waals surface area contributed by atoms with Crippen LogP contribution in [-0.4, -0.2) is 68.1 Å². The highest BCUT2D eigenvalue weighted by Crippen LogP contribution is 2.35. The molecule has 10 heteroatoms. The average Bonchev–Trinajstić information content (AvgIpc) is 3.27. The van der Waals surface area contributed by atoms with Crippen molar-refractivity contribution in [3.05, 3.63) is 65.9 Å². The Morgan fingerprint density at radius 1 is 1.17 bits per heavy atom. The third-order valence-corrected chi connectivity index (χ3v) is 6.96. The first kappa shape index (κ1) is 26.1. The number of likely N-dealkylation sites (tertiary alicyclic amines) is 1. The molecule has 0 radical (unpaired) electrons. The number of carboxylic acids is 1. The zero-order valence-corrected chi connectivity index (χ0v) is 20.4. The molecule has 194 valence electrons. The Balaban J connectivity index is 0.000000384. The summed E-state index contributed by atoms with van der Waals surface area (Å²) in [4.78, 5) is 23.8. The van der Waals surface area contributed by atoms with Crippen molar-refractivity contribution in [2.45, 2.75) is 50.9 Å². The van der Waals surface area contributed by atoms with E-state index in [4.69, 9.17) is 19.9 Å². The molecule has 1 fully saturated rings. The fourth-order valence-corrected chi connectivity index (χ4v) is 5.09. The monoisotopic (exact) mass is 503 g/mol. The average molecular weight is 504 g/mol. The van der Waals surface area contributed by atoms with Gasteiger partial charge < -0.3 is 14.4 Å². The summed E-state index contributed by atoms with van der Waals surface area (Å²) in [5, 5.41) is 7.12. The zero-order chi connectivity index (χ0) is 25.7. The predicted octanol–water partition coefficient (Wildman–Crippen LogP) is 4.58. The molecule has 5 rings (SSSR count). The number of aromatic nitrogens is 3. The molecule has 4 heterocycles. The molecule has 36 heavy (non-hydrogen) atoms. The number of halogens is 3. The smallest absolute Gasteiger partial charge is 0.475 e. The first-order valence-corrected chi connectivity index (χ1v) is 12.3. The molecule has 2 aliphatic rings. The van der Waals surface area contributed by atoms with Gasteiger partial charge in [-0.15, -0.1) is 0 Å². The summed E-state index contributed by atoms with van der Waals surface area (Å²) in [6, 6.07) is 11.0. The van der Waals surface area contributed by atoms with Gasteiger partial charge in [-0.25, -0.2) is 9.78 Å². The largest absolute Gasteiger partial charge is 0.490 e. The highest BCUT2D eigenvalue weighted by Gasteiger charge is 2.38. The van der Waals surface area contributed by atoms with Gasteiger partial charge in [0.1, 0.15) is 5.65 Å². The Hall–Kier alpha value is -2.98. The molecule has 1 aliphatic carbocycles. The quantitative estimate of drug-likeness (QED) is 0.549. The highest BCUT2D eigenvalue weighted by atomic mass is 19.4. The molecule has 0 saturated carbocycles. The number of rotatable bonds is 5. The van der Waals surface area contributed by atoms with Crippen molar-refractivity contribution in [3.63, 3.8) is 0 Å². The number of nitrogens with zero attached hydrogens (tertiary/aromatic N) is 5. The maximum absolute atomic E-state index is 10.6. The second-order valence-corrected chi connectivity index (χ2v) is 9.63. The van der Waals surface area contributed by atoms with Crippen molar-refractivity contribution in [1.82, 2.24) is 24.2 Å². The van der Waals surface area contributed by atoms with Crippen LogP contribution in [0.5, 0.6) is 0 Å². The van der Waals surface area contributed by atoms with E-state index in [1.54, 1.807) is 0 Å². The maximum atomic E-state index is 10.6. The maximum Gasteiger partial charge on any atom is 0.490 e. The first-order chi connectivity index (χ1) is 17.2. The summed E-state index contributed by atoms with van der Waals surface area (Å²) in [6.07, 6.45) is 7.36. The van der Waals surface area contributed by atoms with Crippen LogP contribution in [0.2, 0.25) is 0 Å². The molecule has 0 amide bonds. The molecule has 1 atom stereocenters. The van der Waals surface area contributed by atoms with E-state index in [9.17, 15) is 13.2 Å². The lowest BCUT2D eigenvalue weighted by Crippen LogP contribution is -2.39. The number of alkyl halides is 3. The van der Waals surface area contributed by atoms with Crippen LogP contribution in [-0.2, 0) is 17.8 Å². The van der Waals surface area contributed by atoms with Gasteiger partial charge in [0.25, 0.3) is 0 Å². The lowest BCUT2D eigenvalue weighted by atomic mass is 9.89. The molecule has 3 aromatic heterocycles. The molecular weight excluding hydrogens is 471 g/mol. The van der Waals surface area contributed by atoms with E-state index in [1.165, 1.54) is 50.0 Å². The summed E-state index contributed by atoms with van der Waals surface area (Å²) >= 11 is 0. The minimum Gasteiger partial charge on any atom is -0.475 e. The standard InChI is InChI=1S/C24H31N5.C2HF3O2/c1-27-14-10-19(11-15-27)16-29(18-21-17-28-13-3-2-9-23(28)26-21)22-8-4-6-20-7-5-12-25-24(20)22;3-2(4,5)1(6)7/h2-3,5,7,9,12-13,17,19,22H,4,6,8,10-11,14-16,18H2,1H3;(H,6,7). The van der Waals surface area contributed by atoms with E-state index < -0.39 is 12.1 Å². The van der Waals surface area contributed by atoms with Crippen molar-refractivity contribution in [1.29, 1.82) is 0 Å². The zero-order valence-electron chi connectivity index (χ0n) is 20.4. The van der Waals surface area contributed by atoms with E-state index in [2.05, 4.69) is 64.0 Å². The van der Waals surface area contributed by atoms with Crippen molar-refractivity contribution in [2.24, 2.45) is 5.92 Å². The van der Waals surface area contributed by atoms with Crippen LogP contribution in [0.1, 0.15) is 48.7 Å². The van der Waals surface area contributed by atoms with Gasteiger partial charge in [-0.3, -0.25) is 9.88 Å². The minimum atomic E-state index is -5.08. The molecule has 1 aliphatic heterocycles. The Morgan fingerprint density at radius 3 is 2.61 bits per heavy atom. The molecule has 1 unspecified atom stereocenters. The van der Waals surface area contributed by atoms with Gasteiger partial charge in [0.2, 0.25) is 0 Å². The molecule has 1 N–H and O–H groups in total. The third-order valence-electron chi connectivity index (χ3n) is 6.96. The van der Waals surface area contributed by atoms with E-state index in [0.717, 1.165) is 36.8 Å². The molecule has 7 nitrogen and oxygen atoms in total. The Labute approximate surface area is 208 Å². The fraction of sp³-hybridized carbons (Fsp3) is 0.500. The van der Waals surface area contributed by atoms with Crippen LogP contribution >= 0.6 is 0 Å². The van der Waals surface area contributed by atoms with Crippen molar-refractivity contribution >= 4 is 11.6 Å². The topological polar surface area (TPSA) is 74.0 Å². The van der Waals surface area contributed by atoms with E-state index in [-0.39, 0.29) is 0 Å². The Morgan fingerprint density at radius 2 is 1.92 bits per heavy atom. The van der Waals surface area contributed by atoms with Gasteiger partial charge >= 0.3 is 12.1 Å². The number of aliphatic carboxylic acids is 1. The number of imidazole rings is 1. The molecule has 0 bridgehead atoms. The van der Waals surface area contributed by atoms with Crippen LogP contribution in [0, 0.1) is 5.92 Å². The van der Waals surface area contributed by atoms with Gasteiger partial charge in [0.05, 0.1) is 17.4 Å². The van der Waals surface area contributed by atoms with Gasteiger partial charge in [0, 0.05) is 31.7 Å². The van der Waals surface area contributed by atoms with Gasteiger partial charge in [-0.05, 0) is 81.9 Å². The van der Waals surface area contributed by atoms with Crippen LogP contribution < -0.4 is 0 Å². The summed E-state index contributed by atoms with van der Waals surface area (Å²) in [7, 11) is 2.24. The molecule has 3 aromatic rings. The number of aryl methyl sites for hydroxylation is 1. The van der Waals surface area contributed by atoms with Gasteiger partial charge in [0.15, 0.2) is 0 Å². The Bertz CT molecular complexity index is 1120. The molecule has 0 aromatic carbocycles. The van der Waals surface area contributed by atoms with Crippen LogP contribution in [0.3, 0.4) is 0 Å². The number of pyridine rings is 2. The number of fused-ring (bicyclic) bond motifs is 2. The third kappa shape index (κ3) is 6.61. The predicted molar refractivity (Wildman–Crippen MR) is 129 cm³/mol. The van der Waals surface area contributed by atoms with Gasteiger partial charge in [-0.1, -0.05) is 12.1 Å². The summed E-state index contributed by atoms with van der Waals surface area (Å²) in [5.41, 5.74) is 4.93. The molecule has 0 spiro atoms. The lowest BCUT2D eigenvalue weighted by molar-refractivity contribution is -0.192. The van der Waals surface area contributed by atoms with Crippen molar-refractivity contribution < 1.29 is 23.1 Å². The number of carboxylic acid groups (broad SMARTS) is 1. The second-order valence-electron chi connectivity index (χ2n) is 9.63. The van der Waals surface area contributed by atoms with Gasteiger partial charge in [-0.2, -0.15) is 13.2 Å². The van der Waals surface area contributed by atoms with Crippen LogP contribution in [0.25, 0.3) is 5.65 Å². The number of hydrogen-bond donors (Lipinski definition) is 1. The van der Waals surface area contributed by atoms with E-state index in [0.29, 0.717) is 6.04 Å². The summed E-state index contributed by atoms with van der Waals surface area (Å²) in [6.45, 7) is 4.47. The van der Waals surface area contributed by atoms with E-state index >= 15 is 0 Å². The summed E-state index contributed by atoms with van der Waals surface area (Å²) < 4.78 is 33.9. The van der Waals surface area contributed by atoms with Crippen LogP contribution in [0.15, 0.2) is 48.9 Å². The number of carbonyl (C=O) groups is 1. The minimum absolute atomic E-state index is 0.407. The second kappa shape index (κ2) is 11.4. The normalized spacial score (nSPS) is 19.1. The highest BCUT2D eigenvalue weighted by molar-refractivity contribution is 5.73. The number of piperidine rings is 1. The van der Waals surface area contributed by atoms with E-state index in [1.807, 2.05) is 6.20 Å². The molecular formula is C26H32F3N5O2. The van der Waals surface area contributed by atoms with Crippen molar-refractivity contribution in [3.8, 4) is 0 Å². The molecule has 1 saturated heterocycles. The first-order valence-electron chi connectivity index (χ1n) is 12.3. The Kier molecular flexibility index (Phi) is 8.25. The number of hydrogen-bond acceptors (Lipinski definition) is 5. The SMILES string of the molecule is CN1CCC(CN(Cc2cn3ccccc3n2)C2CCCc3cccnc32)CC1.O=C(O)C(F)(F)F. The fourth-order valence-electron chi connectivity index (χ4n) is 5.09.